The van der Waals surface area contributed by atoms with Gasteiger partial charge in [-0.25, -0.2) is 9.59 Å². The first-order valence-electron chi connectivity index (χ1n) is 9.60. The van der Waals surface area contributed by atoms with E-state index in [0.29, 0.717) is 19.4 Å². The summed E-state index contributed by atoms with van der Waals surface area (Å²) in [7, 11) is 0. The van der Waals surface area contributed by atoms with Crippen LogP contribution in [-0.2, 0) is 14.3 Å². The smallest absolute Gasteiger partial charge is 0.417 e. The summed E-state index contributed by atoms with van der Waals surface area (Å²) in [4.78, 5) is 23.3. The zero-order chi connectivity index (χ0) is 20.4. The third-order valence-corrected chi connectivity index (χ3v) is 6.71. The van der Waals surface area contributed by atoms with Crippen LogP contribution in [0.25, 0.3) is 0 Å². The molecular weight excluding hydrogens is 360 g/mol. The van der Waals surface area contributed by atoms with Crippen molar-refractivity contribution >= 4 is 17.9 Å². The Hall–Kier alpha value is -2.77. The highest BCUT2D eigenvalue weighted by Gasteiger charge is 2.62. The third kappa shape index (κ3) is 3.63. The Morgan fingerprint density at radius 2 is 1.96 bits per heavy atom. The standard InChI is InChI=1S/C20H28N4O4/c1-19-9-7-14(13-5-3-2-4-6-13)11-20(19,28-17(27)16(25)26)10-8-15(19)12-23-24-18(21)22/h2-6,14-15,23H,7-12H2,1H3,(H,25,26)(H4,21,22,24)/t14-,15+,19+,20-/m0/s1. The van der Waals surface area contributed by atoms with Gasteiger partial charge >= 0.3 is 11.9 Å². The molecule has 1 aromatic carbocycles. The van der Waals surface area contributed by atoms with Gasteiger partial charge in [0, 0.05) is 12.0 Å². The van der Waals surface area contributed by atoms with Gasteiger partial charge < -0.3 is 26.7 Å². The summed E-state index contributed by atoms with van der Waals surface area (Å²) in [6, 6.07) is 10.1. The number of guanidine groups is 1. The maximum atomic E-state index is 12.1. The van der Waals surface area contributed by atoms with E-state index in [-0.39, 0.29) is 23.2 Å². The zero-order valence-electron chi connectivity index (χ0n) is 16.1. The second-order valence-electron chi connectivity index (χ2n) is 8.09. The van der Waals surface area contributed by atoms with Crippen LogP contribution in [0.2, 0.25) is 0 Å². The van der Waals surface area contributed by atoms with Gasteiger partial charge in [0.15, 0.2) is 0 Å². The first-order valence-corrected chi connectivity index (χ1v) is 9.60. The van der Waals surface area contributed by atoms with E-state index < -0.39 is 17.5 Å². The first-order chi connectivity index (χ1) is 13.3. The lowest BCUT2D eigenvalue weighted by Crippen LogP contribution is -2.54. The Bertz CT molecular complexity index is 765. The van der Waals surface area contributed by atoms with Crippen molar-refractivity contribution in [2.45, 2.75) is 50.5 Å². The lowest BCUT2D eigenvalue weighted by molar-refractivity contribution is -0.191. The number of carboxylic acid groups (broad SMARTS) is 1. The van der Waals surface area contributed by atoms with Crippen LogP contribution in [-0.4, -0.2) is 35.2 Å². The molecule has 0 aliphatic heterocycles. The molecular formula is C20H28N4O4. The van der Waals surface area contributed by atoms with Crippen LogP contribution in [0.3, 0.4) is 0 Å². The maximum absolute atomic E-state index is 12.1. The van der Waals surface area contributed by atoms with Crippen molar-refractivity contribution < 1.29 is 19.4 Å². The molecule has 8 nitrogen and oxygen atoms in total. The van der Waals surface area contributed by atoms with Gasteiger partial charge in [0.05, 0.1) is 0 Å². The second kappa shape index (κ2) is 7.69. The fourth-order valence-electron chi connectivity index (χ4n) is 5.14. The van der Waals surface area contributed by atoms with E-state index in [9.17, 15) is 9.59 Å². The number of hydrogen-bond donors (Lipinski definition) is 4. The molecule has 0 saturated heterocycles. The predicted molar refractivity (Wildman–Crippen MR) is 104 cm³/mol. The highest BCUT2D eigenvalue weighted by molar-refractivity contribution is 6.28. The van der Waals surface area contributed by atoms with Crippen LogP contribution >= 0.6 is 0 Å². The van der Waals surface area contributed by atoms with E-state index in [0.717, 1.165) is 19.3 Å². The van der Waals surface area contributed by atoms with Crippen molar-refractivity contribution in [2.24, 2.45) is 27.9 Å². The van der Waals surface area contributed by atoms with Gasteiger partial charge in [0.1, 0.15) is 5.60 Å². The Morgan fingerprint density at radius 3 is 2.61 bits per heavy atom. The van der Waals surface area contributed by atoms with Crippen molar-refractivity contribution in [1.29, 1.82) is 0 Å². The Morgan fingerprint density at radius 1 is 1.25 bits per heavy atom. The molecule has 0 spiro atoms. The molecule has 152 valence electrons. The molecule has 4 atom stereocenters. The molecule has 0 aromatic heterocycles. The number of nitrogens with zero attached hydrogens (tertiary/aromatic N) is 1. The SMILES string of the molecule is C[C@]12CC[C@H](c3ccccc3)C[C@@]1(OC(=O)C(=O)O)CC[C@@H]2CNN=C(N)N. The number of rotatable bonds is 5. The maximum Gasteiger partial charge on any atom is 0.417 e. The van der Waals surface area contributed by atoms with Crippen LogP contribution in [0.4, 0.5) is 0 Å². The topological polar surface area (TPSA) is 140 Å². The Balaban J connectivity index is 1.88. The van der Waals surface area contributed by atoms with Crippen LogP contribution in [0.5, 0.6) is 0 Å². The summed E-state index contributed by atoms with van der Waals surface area (Å²) in [5.41, 5.74) is 13.7. The second-order valence-corrected chi connectivity index (χ2v) is 8.09. The number of carbonyl (C=O) groups is 2. The quantitative estimate of drug-likeness (QED) is 0.197. The highest BCUT2D eigenvalue weighted by Crippen LogP contribution is 2.62. The molecule has 2 aliphatic carbocycles. The van der Waals surface area contributed by atoms with Crippen molar-refractivity contribution in [1.82, 2.24) is 5.43 Å². The van der Waals surface area contributed by atoms with Gasteiger partial charge in [0.2, 0.25) is 5.96 Å². The molecule has 0 unspecified atom stereocenters. The van der Waals surface area contributed by atoms with Crippen molar-refractivity contribution in [3.05, 3.63) is 35.9 Å². The molecule has 0 radical (unpaired) electrons. The average Bonchev–Trinajstić information content (AvgIpc) is 2.94. The molecule has 28 heavy (non-hydrogen) atoms. The molecule has 6 N–H and O–H groups in total. The van der Waals surface area contributed by atoms with Gasteiger partial charge in [-0.15, -0.1) is 5.10 Å². The number of aliphatic carboxylic acids is 1. The molecule has 1 aromatic rings. The zero-order valence-corrected chi connectivity index (χ0v) is 16.1. The predicted octanol–water partition coefficient (Wildman–Crippen LogP) is 1.52. The van der Waals surface area contributed by atoms with Crippen LogP contribution in [0, 0.1) is 11.3 Å². The number of hydrogen-bond acceptors (Lipinski definition) is 5. The number of hydrazone groups is 1. The fourth-order valence-corrected chi connectivity index (χ4v) is 5.14. The van der Waals surface area contributed by atoms with E-state index in [2.05, 4.69) is 29.6 Å². The molecule has 0 amide bonds. The molecule has 0 bridgehead atoms. The molecule has 8 heteroatoms. The van der Waals surface area contributed by atoms with Crippen LogP contribution in [0.1, 0.15) is 50.5 Å². The van der Waals surface area contributed by atoms with Gasteiger partial charge in [0.25, 0.3) is 0 Å². The lowest BCUT2D eigenvalue weighted by Gasteiger charge is -2.51. The fraction of sp³-hybridized carbons (Fsp3) is 0.550. The van der Waals surface area contributed by atoms with E-state index in [1.165, 1.54) is 5.56 Å². The number of benzene rings is 1. The van der Waals surface area contributed by atoms with Crippen molar-refractivity contribution in [2.75, 3.05) is 6.54 Å². The number of esters is 1. The monoisotopic (exact) mass is 388 g/mol. The van der Waals surface area contributed by atoms with Crippen LogP contribution < -0.4 is 16.9 Å². The van der Waals surface area contributed by atoms with E-state index in [1.807, 2.05) is 18.2 Å². The van der Waals surface area contributed by atoms with Gasteiger partial charge in [-0.3, -0.25) is 0 Å². The normalized spacial score (nSPS) is 31.5. The number of carboxylic acids is 1. The summed E-state index contributed by atoms with van der Waals surface area (Å²) in [5, 5.41) is 13.0. The Labute approximate surface area is 164 Å². The number of nitrogens with two attached hydrogens (primary N) is 2. The summed E-state index contributed by atoms with van der Waals surface area (Å²) in [6.45, 7) is 2.63. The molecule has 0 heterocycles. The van der Waals surface area contributed by atoms with Crippen LogP contribution in [0.15, 0.2) is 35.4 Å². The molecule has 2 aliphatic rings. The first kappa shape index (κ1) is 20.0. The van der Waals surface area contributed by atoms with E-state index >= 15 is 0 Å². The van der Waals surface area contributed by atoms with E-state index in [1.54, 1.807) is 0 Å². The average molecular weight is 388 g/mol. The highest BCUT2D eigenvalue weighted by atomic mass is 16.6. The lowest BCUT2D eigenvalue weighted by atomic mass is 9.59. The third-order valence-electron chi connectivity index (χ3n) is 6.71. The number of ether oxygens (including phenoxy) is 1. The van der Waals surface area contributed by atoms with Gasteiger partial charge in [-0.2, -0.15) is 0 Å². The van der Waals surface area contributed by atoms with E-state index in [4.69, 9.17) is 21.3 Å². The minimum Gasteiger partial charge on any atom is -0.473 e. The number of fused-ring (bicyclic) bond motifs is 1. The summed E-state index contributed by atoms with van der Waals surface area (Å²) in [6.07, 6.45) is 3.82. The Kier molecular flexibility index (Phi) is 5.49. The molecule has 3 rings (SSSR count). The minimum absolute atomic E-state index is 0.0421. The van der Waals surface area contributed by atoms with Crippen molar-refractivity contribution in [3.8, 4) is 0 Å². The summed E-state index contributed by atoms with van der Waals surface area (Å²) in [5.74, 6) is -2.40. The molecule has 2 fully saturated rings. The molecule has 2 saturated carbocycles. The number of nitrogens with one attached hydrogen (secondary N) is 1. The van der Waals surface area contributed by atoms with Gasteiger partial charge in [-0.05, 0) is 49.5 Å². The van der Waals surface area contributed by atoms with Crippen molar-refractivity contribution in [3.63, 3.8) is 0 Å². The largest absolute Gasteiger partial charge is 0.473 e. The number of carbonyl (C=O) groups excluding carboxylic acids is 1. The summed E-state index contributed by atoms with van der Waals surface area (Å²) >= 11 is 0. The summed E-state index contributed by atoms with van der Waals surface area (Å²) < 4.78 is 5.73. The van der Waals surface area contributed by atoms with Gasteiger partial charge in [-0.1, -0.05) is 37.3 Å². The minimum atomic E-state index is -1.55.